The van der Waals surface area contributed by atoms with E-state index in [9.17, 15) is 9.59 Å². The van der Waals surface area contributed by atoms with Gasteiger partial charge in [-0.2, -0.15) is 0 Å². The Morgan fingerprint density at radius 1 is 1.56 bits per heavy atom. The van der Waals surface area contributed by atoms with Crippen LogP contribution in [-0.4, -0.2) is 23.0 Å². The van der Waals surface area contributed by atoms with Crippen LogP contribution >= 0.6 is 11.3 Å². The van der Waals surface area contributed by atoms with Gasteiger partial charge in [0.2, 0.25) is 0 Å². The molecule has 2 N–H and O–H groups in total. The lowest BCUT2D eigenvalue weighted by molar-refractivity contribution is -0.138. The number of carboxylic acid groups (broad SMARTS) is 1. The van der Waals surface area contributed by atoms with Crippen molar-refractivity contribution in [1.29, 1.82) is 0 Å². The van der Waals surface area contributed by atoms with Crippen molar-refractivity contribution in [3.63, 3.8) is 0 Å². The van der Waals surface area contributed by atoms with E-state index in [4.69, 9.17) is 5.11 Å². The van der Waals surface area contributed by atoms with E-state index in [1.54, 1.807) is 0 Å². The summed E-state index contributed by atoms with van der Waals surface area (Å²) in [6.07, 6.45) is 0.879. The van der Waals surface area contributed by atoms with E-state index in [0.29, 0.717) is 4.88 Å². The third-order valence-electron chi connectivity index (χ3n) is 2.34. The highest BCUT2D eigenvalue weighted by molar-refractivity contribution is 7.14. The third-order valence-corrected chi connectivity index (χ3v) is 3.43. The van der Waals surface area contributed by atoms with E-state index < -0.39 is 12.0 Å². The summed E-state index contributed by atoms with van der Waals surface area (Å²) in [4.78, 5) is 23.9. The van der Waals surface area contributed by atoms with Crippen LogP contribution in [0.15, 0.2) is 6.07 Å². The van der Waals surface area contributed by atoms with Crippen molar-refractivity contribution in [1.82, 2.24) is 5.32 Å². The molecule has 0 aromatic carbocycles. The van der Waals surface area contributed by atoms with Gasteiger partial charge in [0.05, 0.1) is 4.88 Å². The van der Waals surface area contributed by atoms with E-state index in [1.807, 2.05) is 19.9 Å². The predicted octanol–water partition coefficient (Wildman–Crippen LogP) is 1.82. The number of aliphatic carboxylic acids is 1. The van der Waals surface area contributed by atoms with Gasteiger partial charge in [0, 0.05) is 4.88 Å². The molecule has 0 saturated heterocycles. The zero-order chi connectivity index (χ0) is 12.3. The van der Waals surface area contributed by atoms with Gasteiger partial charge in [-0.05, 0) is 31.9 Å². The highest BCUT2D eigenvalue weighted by Crippen LogP contribution is 2.21. The van der Waals surface area contributed by atoms with Crippen molar-refractivity contribution in [2.75, 3.05) is 0 Å². The van der Waals surface area contributed by atoms with E-state index in [0.717, 1.165) is 16.9 Å². The lowest BCUT2D eigenvalue weighted by atomic mass is 10.2. The van der Waals surface area contributed by atoms with Gasteiger partial charge in [0.1, 0.15) is 6.04 Å². The summed E-state index contributed by atoms with van der Waals surface area (Å²) in [5.41, 5.74) is 1.14. The summed E-state index contributed by atoms with van der Waals surface area (Å²) in [5, 5.41) is 11.1. The summed E-state index contributed by atoms with van der Waals surface area (Å²) in [7, 11) is 0. The molecule has 1 heterocycles. The van der Waals surface area contributed by atoms with E-state index in [2.05, 4.69) is 5.32 Å². The minimum absolute atomic E-state index is 0.317. The second kappa shape index (κ2) is 5.12. The molecule has 0 aliphatic carbocycles. The molecule has 16 heavy (non-hydrogen) atoms. The van der Waals surface area contributed by atoms with Crippen LogP contribution in [0.25, 0.3) is 0 Å². The smallest absolute Gasteiger partial charge is 0.325 e. The van der Waals surface area contributed by atoms with Crippen molar-refractivity contribution in [3.8, 4) is 0 Å². The van der Waals surface area contributed by atoms with Gasteiger partial charge in [-0.15, -0.1) is 11.3 Å². The average Bonchev–Trinajstić information content (AvgIpc) is 2.59. The van der Waals surface area contributed by atoms with E-state index in [-0.39, 0.29) is 5.91 Å². The zero-order valence-corrected chi connectivity index (χ0v) is 10.4. The number of carbonyl (C=O) groups is 2. The Morgan fingerprint density at radius 2 is 2.19 bits per heavy atom. The molecule has 0 bridgehead atoms. The molecule has 0 aliphatic rings. The summed E-state index contributed by atoms with van der Waals surface area (Å²) < 4.78 is 0. The standard InChI is InChI=1S/C11H15NO3S/c1-4-8-5-9(16-7(8)3)10(13)12-6(2)11(14)15/h5-6H,4H2,1-3H3,(H,12,13)(H,14,15)/t6-/m0/s1. The average molecular weight is 241 g/mol. The lowest BCUT2D eigenvalue weighted by Crippen LogP contribution is -2.37. The number of hydrogen-bond acceptors (Lipinski definition) is 3. The van der Waals surface area contributed by atoms with Crippen molar-refractivity contribution in [2.24, 2.45) is 0 Å². The first-order chi connectivity index (χ1) is 7.45. The van der Waals surface area contributed by atoms with Gasteiger partial charge in [-0.1, -0.05) is 6.92 Å². The largest absolute Gasteiger partial charge is 0.480 e. The molecule has 0 aliphatic heterocycles. The van der Waals surface area contributed by atoms with E-state index in [1.165, 1.54) is 18.3 Å². The van der Waals surface area contributed by atoms with Crippen molar-refractivity contribution in [2.45, 2.75) is 33.2 Å². The maximum Gasteiger partial charge on any atom is 0.325 e. The molecular weight excluding hydrogens is 226 g/mol. The van der Waals surface area contributed by atoms with Crippen LogP contribution in [0.4, 0.5) is 0 Å². The van der Waals surface area contributed by atoms with E-state index >= 15 is 0 Å². The Labute approximate surface area is 98.3 Å². The molecule has 1 atom stereocenters. The molecule has 1 aromatic heterocycles. The first kappa shape index (κ1) is 12.7. The van der Waals surface area contributed by atoms with Crippen LogP contribution < -0.4 is 5.32 Å². The SMILES string of the molecule is CCc1cc(C(=O)N[C@@H](C)C(=O)O)sc1C. The van der Waals surface area contributed by atoms with Crippen LogP contribution in [0.1, 0.15) is 34.0 Å². The summed E-state index contributed by atoms with van der Waals surface area (Å²) >= 11 is 1.40. The highest BCUT2D eigenvalue weighted by Gasteiger charge is 2.17. The minimum Gasteiger partial charge on any atom is -0.480 e. The normalized spacial score (nSPS) is 12.2. The number of carbonyl (C=O) groups excluding carboxylic acids is 1. The Kier molecular flexibility index (Phi) is 4.06. The van der Waals surface area contributed by atoms with Gasteiger partial charge < -0.3 is 10.4 Å². The molecule has 1 amide bonds. The van der Waals surface area contributed by atoms with Crippen LogP contribution in [0.2, 0.25) is 0 Å². The first-order valence-corrected chi connectivity index (χ1v) is 5.90. The van der Waals surface area contributed by atoms with Gasteiger partial charge in [-0.3, -0.25) is 9.59 Å². The zero-order valence-electron chi connectivity index (χ0n) is 9.53. The number of rotatable bonds is 4. The van der Waals surface area contributed by atoms with Gasteiger partial charge in [0.15, 0.2) is 0 Å². The van der Waals surface area contributed by atoms with Crippen molar-refractivity contribution in [3.05, 3.63) is 21.4 Å². The van der Waals surface area contributed by atoms with Crippen LogP contribution in [0, 0.1) is 6.92 Å². The molecular formula is C11H15NO3S. The second-order valence-electron chi connectivity index (χ2n) is 3.58. The molecule has 0 unspecified atom stereocenters. The number of carboxylic acids is 1. The number of nitrogens with one attached hydrogen (secondary N) is 1. The molecule has 4 nitrogen and oxygen atoms in total. The van der Waals surface area contributed by atoms with Gasteiger partial charge in [-0.25, -0.2) is 0 Å². The number of aryl methyl sites for hydroxylation is 2. The first-order valence-electron chi connectivity index (χ1n) is 5.08. The van der Waals surface area contributed by atoms with Crippen LogP contribution in [0.3, 0.4) is 0 Å². The molecule has 0 radical (unpaired) electrons. The van der Waals surface area contributed by atoms with Crippen molar-refractivity contribution < 1.29 is 14.7 Å². The lowest BCUT2D eigenvalue weighted by Gasteiger charge is -2.07. The summed E-state index contributed by atoms with van der Waals surface area (Å²) in [6, 6.07) is 0.962. The number of amides is 1. The topological polar surface area (TPSA) is 66.4 Å². The molecule has 0 saturated carbocycles. The highest BCUT2D eigenvalue weighted by atomic mass is 32.1. The Bertz CT molecular complexity index is 411. The Balaban J connectivity index is 2.77. The van der Waals surface area contributed by atoms with Crippen LogP contribution in [-0.2, 0) is 11.2 Å². The predicted molar refractivity (Wildman–Crippen MR) is 63.0 cm³/mol. The second-order valence-corrected chi connectivity index (χ2v) is 4.84. The summed E-state index contributed by atoms with van der Waals surface area (Å²) in [5.74, 6) is -1.35. The third kappa shape index (κ3) is 2.82. The van der Waals surface area contributed by atoms with Gasteiger partial charge in [0.25, 0.3) is 5.91 Å². The maximum atomic E-state index is 11.7. The summed E-state index contributed by atoms with van der Waals surface area (Å²) in [6.45, 7) is 5.43. The van der Waals surface area contributed by atoms with Gasteiger partial charge >= 0.3 is 5.97 Å². The molecule has 0 fully saturated rings. The monoisotopic (exact) mass is 241 g/mol. The Morgan fingerprint density at radius 3 is 2.62 bits per heavy atom. The number of hydrogen-bond donors (Lipinski definition) is 2. The quantitative estimate of drug-likeness (QED) is 0.845. The molecule has 5 heteroatoms. The minimum atomic E-state index is -1.03. The van der Waals surface area contributed by atoms with Crippen LogP contribution in [0.5, 0.6) is 0 Å². The van der Waals surface area contributed by atoms with Crippen molar-refractivity contribution >= 4 is 23.2 Å². The number of thiophene rings is 1. The fourth-order valence-electron chi connectivity index (χ4n) is 1.31. The molecule has 1 rings (SSSR count). The Hall–Kier alpha value is -1.36. The molecule has 0 spiro atoms. The fourth-order valence-corrected chi connectivity index (χ4v) is 2.33. The maximum absolute atomic E-state index is 11.7. The fraction of sp³-hybridized carbons (Fsp3) is 0.455. The molecule has 88 valence electrons. The molecule has 1 aromatic rings.